The predicted molar refractivity (Wildman–Crippen MR) is 107 cm³/mol. The van der Waals surface area contributed by atoms with Crippen molar-refractivity contribution in [3.63, 3.8) is 0 Å². The number of nitrogens with two attached hydrogens (primary N) is 2. The quantitative estimate of drug-likeness (QED) is 0.235. The van der Waals surface area contributed by atoms with Crippen LogP contribution in [0.15, 0.2) is 0 Å². The Morgan fingerprint density at radius 2 is 1.86 bits per heavy atom. The summed E-state index contributed by atoms with van der Waals surface area (Å²) in [5, 5.41) is 14.3. The van der Waals surface area contributed by atoms with E-state index >= 15 is 0 Å². The monoisotopic (exact) mass is 431 g/mol. The van der Waals surface area contributed by atoms with Crippen LogP contribution in [0.2, 0.25) is 0 Å². The minimum absolute atomic E-state index is 0.0438. The number of rotatable bonds is 12. The Kier molecular flexibility index (Phi) is 10.5. The first kappa shape index (κ1) is 24.7. The maximum atomic E-state index is 12.9. The highest BCUT2D eigenvalue weighted by Gasteiger charge is 2.38. The van der Waals surface area contributed by atoms with Crippen molar-refractivity contribution in [2.24, 2.45) is 11.5 Å². The highest BCUT2D eigenvalue weighted by molar-refractivity contribution is 7.98. The van der Waals surface area contributed by atoms with Crippen molar-refractivity contribution in [3.05, 3.63) is 0 Å². The molecule has 164 valence electrons. The molecular weight excluding hydrogens is 402 g/mol. The van der Waals surface area contributed by atoms with E-state index in [1.54, 1.807) is 0 Å². The van der Waals surface area contributed by atoms with Crippen molar-refractivity contribution in [2.75, 3.05) is 25.1 Å². The predicted octanol–water partition coefficient (Wildman–Crippen LogP) is -1.99. The Labute approximate surface area is 173 Å². The number of hydrogen-bond acceptors (Lipinski definition) is 7. The fraction of sp³-hybridized carbons (Fsp3) is 0.706. The Bertz CT molecular complexity index is 631. The number of aliphatic carboxylic acids is 1. The molecule has 0 aromatic heterocycles. The summed E-state index contributed by atoms with van der Waals surface area (Å²) in [5.74, 6) is -2.88. The molecule has 11 nitrogen and oxygen atoms in total. The minimum Gasteiger partial charge on any atom is -0.480 e. The summed E-state index contributed by atoms with van der Waals surface area (Å²) in [5.41, 5.74) is 10.4. The molecule has 0 bridgehead atoms. The topological polar surface area (TPSA) is 185 Å². The van der Waals surface area contributed by atoms with Gasteiger partial charge in [0.1, 0.15) is 18.1 Å². The molecule has 3 unspecified atom stereocenters. The van der Waals surface area contributed by atoms with Crippen molar-refractivity contribution < 1.29 is 29.1 Å². The molecule has 1 saturated heterocycles. The van der Waals surface area contributed by atoms with Crippen LogP contribution in [0.4, 0.5) is 0 Å². The van der Waals surface area contributed by atoms with Crippen LogP contribution in [-0.2, 0) is 24.0 Å². The van der Waals surface area contributed by atoms with E-state index in [4.69, 9.17) is 11.5 Å². The molecular formula is C17H29N5O6S. The van der Waals surface area contributed by atoms with Gasteiger partial charge in [-0.3, -0.25) is 19.2 Å². The third-order valence-electron chi connectivity index (χ3n) is 4.56. The molecule has 12 heteroatoms. The summed E-state index contributed by atoms with van der Waals surface area (Å²) in [6.45, 7) is -0.0420. The van der Waals surface area contributed by atoms with Gasteiger partial charge in [-0.15, -0.1) is 0 Å². The van der Waals surface area contributed by atoms with Crippen LogP contribution in [0.5, 0.6) is 0 Å². The molecule has 1 aliphatic rings. The molecule has 0 aliphatic carbocycles. The second-order valence-corrected chi connectivity index (χ2v) is 7.69. The number of hydrogen-bond donors (Lipinski definition) is 5. The lowest BCUT2D eigenvalue weighted by Gasteiger charge is -2.28. The van der Waals surface area contributed by atoms with Crippen LogP contribution in [-0.4, -0.2) is 82.8 Å². The van der Waals surface area contributed by atoms with Gasteiger partial charge in [0, 0.05) is 13.0 Å². The van der Waals surface area contributed by atoms with Gasteiger partial charge in [-0.2, -0.15) is 11.8 Å². The SMILES string of the molecule is CSCCC(NC(=O)C(CCC(N)=O)NC(=O)CN)C(=O)N1CCCC1C(=O)O. The molecule has 3 atom stereocenters. The van der Waals surface area contributed by atoms with Crippen molar-refractivity contribution in [1.82, 2.24) is 15.5 Å². The van der Waals surface area contributed by atoms with Gasteiger partial charge in [0.2, 0.25) is 23.6 Å². The van der Waals surface area contributed by atoms with Crippen molar-refractivity contribution in [2.45, 2.75) is 50.2 Å². The van der Waals surface area contributed by atoms with Crippen molar-refractivity contribution in [3.8, 4) is 0 Å². The lowest BCUT2D eigenvalue weighted by atomic mass is 10.1. The fourth-order valence-corrected chi connectivity index (χ4v) is 3.53. The lowest BCUT2D eigenvalue weighted by molar-refractivity contribution is -0.149. The number of nitrogens with one attached hydrogen (secondary N) is 2. The number of carbonyl (C=O) groups excluding carboxylic acids is 4. The second kappa shape index (κ2) is 12.3. The molecule has 1 heterocycles. The van der Waals surface area contributed by atoms with Crippen LogP contribution in [0.3, 0.4) is 0 Å². The highest BCUT2D eigenvalue weighted by Crippen LogP contribution is 2.19. The van der Waals surface area contributed by atoms with E-state index in [1.807, 2.05) is 6.26 Å². The summed E-state index contributed by atoms with van der Waals surface area (Å²) in [6, 6.07) is -2.95. The maximum absolute atomic E-state index is 12.9. The molecule has 29 heavy (non-hydrogen) atoms. The Balaban J connectivity index is 2.92. The average Bonchev–Trinajstić information content (AvgIpc) is 3.17. The van der Waals surface area contributed by atoms with Gasteiger partial charge < -0.3 is 32.1 Å². The van der Waals surface area contributed by atoms with Gasteiger partial charge >= 0.3 is 5.97 Å². The van der Waals surface area contributed by atoms with Crippen LogP contribution >= 0.6 is 11.8 Å². The van der Waals surface area contributed by atoms with Crippen molar-refractivity contribution >= 4 is 41.4 Å². The summed E-state index contributed by atoms with van der Waals surface area (Å²) in [4.78, 5) is 61.0. The Hall–Kier alpha value is -2.34. The Morgan fingerprint density at radius 3 is 2.41 bits per heavy atom. The van der Waals surface area contributed by atoms with E-state index in [-0.39, 0.29) is 19.4 Å². The molecule has 0 spiro atoms. The summed E-state index contributed by atoms with van der Waals surface area (Å²) in [7, 11) is 0. The summed E-state index contributed by atoms with van der Waals surface area (Å²) >= 11 is 1.48. The molecule has 7 N–H and O–H groups in total. The van der Waals surface area contributed by atoms with E-state index < -0.39 is 47.7 Å². The first-order chi connectivity index (χ1) is 13.7. The van der Waals surface area contributed by atoms with Gasteiger partial charge in [0.15, 0.2) is 0 Å². The van der Waals surface area contributed by atoms with E-state index in [9.17, 15) is 29.1 Å². The van der Waals surface area contributed by atoms with Crippen LogP contribution in [0.25, 0.3) is 0 Å². The van der Waals surface area contributed by atoms with Gasteiger partial charge in [0.05, 0.1) is 6.54 Å². The largest absolute Gasteiger partial charge is 0.480 e. The minimum atomic E-state index is -1.09. The van der Waals surface area contributed by atoms with Crippen LogP contribution in [0.1, 0.15) is 32.1 Å². The third-order valence-corrected chi connectivity index (χ3v) is 5.21. The standard InChI is InChI=1S/C17H29N5O6S/c1-29-8-6-11(16(26)22-7-2-3-12(22)17(27)28)21-15(25)10(4-5-13(19)23)20-14(24)9-18/h10-12H,2-9,18H2,1H3,(H2,19,23)(H,20,24)(H,21,25)(H,27,28). The van der Waals surface area contributed by atoms with Crippen molar-refractivity contribution in [1.29, 1.82) is 0 Å². The smallest absolute Gasteiger partial charge is 0.326 e. The number of primary amides is 1. The lowest BCUT2D eigenvalue weighted by Crippen LogP contribution is -2.56. The molecule has 0 aromatic rings. The van der Waals surface area contributed by atoms with Gasteiger partial charge in [-0.05, 0) is 37.7 Å². The van der Waals surface area contributed by atoms with Gasteiger partial charge in [-0.25, -0.2) is 4.79 Å². The van der Waals surface area contributed by atoms with E-state index in [0.717, 1.165) is 0 Å². The summed E-state index contributed by atoms with van der Waals surface area (Å²) < 4.78 is 0. The van der Waals surface area contributed by atoms with Crippen LogP contribution < -0.4 is 22.1 Å². The Morgan fingerprint density at radius 1 is 1.17 bits per heavy atom. The number of likely N-dealkylation sites (tertiary alicyclic amines) is 1. The summed E-state index contributed by atoms with van der Waals surface area (Å²) in [6.07, 6.45) is 2.88. The molecule has 4 amide bonds. The fourth-order valence-electron chi connectivity index (χ4n) is 3.06. The number of carbonyl (C=O) groups is 5. The number of nitrogens with zero attached hydrogens (tertiary/aromatic N) is 1. The first-order valence-corrected chi connectivity index (χ1v) is 10.7. The van der Waals surface area contributed by atoms with E-state index in [0.29, 0.717) is 31.6 Å². The van der Waals surface area contributed by atoms with Gasteiger partial charge in [-0.1, -0.05) is 0 Å². The number of thioether (sulfide) groups is 1. The normalized spacial score (nSPS) is 18.0. The zero-order chi connectivity index (χ0) is 22.0. The van der Waals surface area contributed by atoms with Crippen LogP contribution in [0, 0.1) is 0 Å². The molecule has 0 saturated carbocycles. The number of carboxylic acid groups (broad SMARTS) is 1. The highest BCUT2D eigenvalue weighted by atomic mass is 32.2. The number of carboxylic acids is 1. The zero-order valence-electron chi connectivity index (χ0n) is 16.4. The molecule has 0 radical (unpaired) electrons. The zero-order valence-corrected chi connectivity index (χ0v) is 17.2. The van der Waals surface area contributed by atoms with E-state index in [1.165, 1.54) is 16.7 Å². The van der Waals surface area contributed by atoms with E-state index in [2.05, 4.69) is 10.6 Å². The second-order valence-electron chi connectivity index (χ2n) is 6.70. The molecule has 1 aliphatic heterocycles. The number of amides is 4. The molecule has 1 fully saturated rings. The molecule has 0 aromatic carbocycles. The third kappa shape index (κ3) is 7.89. The maximum Gasteiger partial charge on any atom is 0.326 e. The molecule has 1 rings (SSSR count). The average molecular weight is 432 g/mol. The first-order valence-electron chi connectivity index (χ1n) is 9.31. The van der Waals surface area contributed by atoms with Gasteiger partial charge in [0.25, 0.3) is 0 Å².